The zero-order valence-electron chi connectivity index (χ0n) is 5.06. The summed E-state index contributed by atoms with van der Waals surface area (Å²) >= 11 is 9.09. The summed E-state index contributed by atoms with van der Waals surface area (Å²) in [4.78, 5) is 8.42. The van der Waals surface area contributed by atoms with E-state index in [1.165, 1.54) is 0 Å². The largest absolute Gasteiger partial charge is 0.237 e. The van der Waals surface area contributed by atoms with Gasteiger partial charge in [-0.25, -0.2) is 9.97 Å². The van der Waals surface area contributed by atoms with Crippen LogP contribution < -0.4 is 0 Å². The number of rotatable bonds is 1. The van der Waals surface area contributed by atoms with E-state index >= 15 is 0 Å². The van der Waals surface area contributed by atoms with E-state index in [9.17, 15) is 0 Å². The monoisotopic (exact) mass is 598 g/mol. The Morgan fingerprint density at radius 3 is 1.91 bits per heavy atom. The Bertz CT molecular complexity index is 240. The summed E-state index contributed by atoms with van der Waals surface area (Å²) in [5.74, 6) is 0.861. The first-order chi connectivity index (χ1) is 5.00. The lowest BCUT2D eigenvalue weighted by molar-refractivity contribution is 1.03. The molecule has 0 saturated carbocycles. The fourth-order valence-electron chi connectivity index (χ4n) is 0.459. The maximum Gasteiger partial charge on any atom is 0.182 e. The average Bonchev–Trinajstić information content (AvgIpc) is 1.86. The molecule has 0 atom stereocenters. The average molecular weight is 598 g/mol. The van der Waals surface area contributed by atoms with Crippen LogP contribution in [-0.4, -0.2) is 9.97 Å². The predicted molar refractivity (Wildman–Crippen MR) is 78.5 cm³/mol. The van der Waals surface area contributed by atoms with Gasteiger partial charge >= 0.3 is 0 Å². The Morgan fingerprint density at radius 1 is 1.09 bits per heavy atom. The minimum atomic E-state index is -0.0301. The molecular weight excluding hydrogens is 596 g/mol. The van der Waals surface area contributed by atoms with Crippen LogP contribution >= 0.6 is 90.4 Å². The minimum absolute atomic E-state index is 0.0301. The van der Waals surface area contributed by atoms with Gasteiger partial charge in [-0.1, -0.05) is 0 Å². The molecule has 1 rings (SSSR count). The van der Waals surface area contributed by atoms with E-state index in [1.54, 1.807) is 0 Å². The second kappa shape index (κ2) is 4.48. The second-order valence-corrected chi connectivity index (χ2v) is 14.0. The van der Waals surface area contributed by atoms with Crippen LogP contribution in [-0.2, 0) is -0.565 Å². The van der Waals surface area contributed by atoms with E-state index in [2.05, 4.69) is 100 Å². The molecule has 6 heteroatoms. The van der Waals surface area contributed by atoms with Crippen LogP contribution in [0.15, 0.2) is 12.4 Å². The fraction of sp³-hybridized carbons (Fsp3) is 0.200. The summed E-state index contributed by atoms with van der Waals surface area (Å²) in [5, 5.41) is 0. The molecule has 0 saturated heterocycles. The van der Waals surface area contributed by atoms with Crippen LogP contribution in [0.1, 0.15) is 5.82 Å². The predicted octanol–water partition coefficient (Wildman–Crippen LogP) is 3.50. The number of aromatic nitrogens is 2. The SMILES string of the molecule is Ic1cnc(C(I)(I)I)nc1. The Labute approximate surface area is 119 Å². The van der Waals surface area contributed by atoms with Gasteiger partial charge in [0.2, 0.25) is 0 Å². The molecule has 0 aliphatic heterocycles. The maximum atomic E-state index is 4.21. The molecule has 1 heterocycles. The summed E-state index contributed by atoms with van der Waals surface area (Å²) in [6.45, 7) is 0. The van der Waals surface area contributed by atoms with Crippen LogP contribution in [0.25, 0.3) is 0 Å². The molecule has 1 aromatic rings. The van der Waals surface area contributed by atoms with Crippen molar-refractivity contribution in [2.24, 2.45) is 0 Å². The zero-order valence-corrected chi connectivity index (χ0v) is 13.7. The minimum Gasteiger partial charge on any atom is -0.237 e. The number of hydrogen-bond acceptors (Lipinski definition) is 2. The van der Waals surface area contributed by atoms with Gasteiger partial charge in [-0.15, -0.1) is 0 Å². The summed E-state index contributed by atoms with van der Waals surface area (Å²) in [6, 6.07) is 0. The van der Waals surface area contributed by atoms with Crippen LogP contribution in [0.5, 0.6) is 0 Å². The molecular formula is C5H2I4N2. The van der Waals surface area contributed by atoms with E-state index < -0.39 is 0 Å². The van der Waals surface area contributed by atoms with Gasteiger partial charge in [0, 0.05) is 16.0 Å². The number of halogens is 4. The van der Waals surface area contributed by atoms with E-state index in [1.807, 2.05) is 12.4 Å². The van der Waals surface area contributed by atoms with Crippen LogP contribution in [0.4, 0.5) is 0 Å². The highest BCUT2D eigenvalue weighted by atomic mass is 127. The Kier molecular flexibility index (Phi) is 4.51. The number of alkyl halides is 3. The molecule has 0 unspecified atom stereocenters. The molecule has 0 aliphatic rings. The molecule has 2 nitrogen and oxygen atoms in total. The molecule has 0 aliphatic carbocycles. The highest BCUT2D eigenvalue weighted by molar-refractivity contribution is 14.3. The summed E-state index contributed by atoms with van der Waals surface area (Å²) < 4.78 is 1.04. The maximum absolute atomic E-state index is 4.21. The van der Waals surface area contributed by atoms with E-state index in [0.717, 1.165) is 9.39 Å². The lowest BCUT2D eigenvalue weighted by Gasteiger charge is -2.08. The molecule has 0 bridgehead atoms. The highest BCUT2D eigenvalue weighted by Gasteiger charge is 2.23. The van der Waals surface area contributed by atoms with Crippen molar-refractivity contribution in [1.29, 1.82) is 0 Å². The van der Waals surface area contributed by atoms with Gasteiger partial charge in [-0.05, 0) is 90.4 Å². The van der Waals surface area contributed by atoms with E-state index in [0.29, 0.717) is 0 Å². The van der Waals surface area contributed by atoms with Crippen molar-refractivity contribution >= 4 is 90.4 Å². The first-order valence-electron chi connectivity index (χ1n) is 2.55. The first kappa shape index (κ1) is 11.1. The molecule has 0 amide bonds. The molecule has 11 heavy (non-hydrogen) atoms. The highest BCUT2D eigenvalue weighted by Crippen LogP contribution is 2.43. The third-order valence-corrected chi connectivity index (χ3v) is 2.88. The molecule has 1 aromatic heterocycles. The molecule has 0 radical (unpaired) electrons. The standard InChI is InChI=1S/C5H2I4N2/c6-3-1-10-4(11-2-3)5(7,8)9/h1-2H. The lowest BCUT2D eigenvalue weighted by Crippen LogP contribution is -2.03. The number of hydrogen-bond donors (Lipinski definition) is 0. The van der Waals surface area contributed by atoms with Gasteiger partial charge < -0.3 is 0 Å². The van der Waals surface area contributed by atoms with Gasteiger partial charge in [0.15, 0.2) is 5.26 Å². The van der Waals surface area contributed by atoms with E-state index in [4.69, 9.17) is 0 Å². The van der Waals surface area contributed by atoms with Crippen molar-refractivity contribution in [2.75, 3.05) is 0 Å². The second-order valence-electron chi connectivity index (χ2n) is 1.72. The lowest BCUT2D eigenvalue weighted by atomic mass is 10.6. The summed E-state index contributed by atoms with van der Waals surface area (Å²) in [6.07, 6.45) is 3.65. The summed E-state index contributed by atoms with van der Waals surface area (Å²) in [7, 11) is 0. The van der Waals surface area contributed by atoms with E-state index in [-0.39, 0.29) is -0.565 Å². The first-order valence-corrected chi connectivity index (χ1v) is 6.86. The van der Waals surface area contributed by atoms with Crippen molar-refractivity contribution in [3.05, 3.63) is 21.8 Å². The Hall–Kier alpha value is 2.00. The van der Waals surface area contributed by atoms with Crippen molar-refractivity contribution in [3.63, 3.8) is 0 Å². The molecule has 0 fully saturated rings. The van der Waals surface area contributed by atoms with Gasteiger partial charge in [-0.2, -0.15) is 0 Å². The van der Waals surface area contributed by atoms with Gasteiger partial charge in [-0.3, -0.25) is 0 Å². The fourth-order valence-corrected chi connectivity index (χ4v) is 1.57. The van der Waals surface area contributed by atoms with Crippen molar-refractivity contribution in [3.8, 4) is 0 Å². The molecule has 0 spiro atoms. The Morgan fingerprint density at radius 2 is 1.55 bits per heavy atom. The van der Waals surface area contributed by atoms with Gasteiger partial charge in [0.25, 0.3) is 0 Å². The van der Waals surface area contributed by atoms with Gasteiger partial charge in [0.1, 0.15) is 0 Å². The topological polar surface area (TPSA) is 25.8 Å². The van der Waals surface area contributed by atoms with Crippen molar-refractivity contribution in [1.82, 2.24) is 9.97 Å². The zero-order chi connectivity index (χ0) is 8.48. The quantitative estimate of drug-likeness (QED) is 0.366. The number of nitrogens with zero attached hydrogens (tertiary/aromatic N) is 2. The molecule has 0 N–H and O–H groups in total. The Balaban J connectivity index is 2.99. The molecule has 60 valence electrons. The summed E-state index contributed by atoms with van der Waals surface area (Å²) in [5.41, 5.74) is 0. The molecule has 0 aromatic carbocycles. The van der Waals surface area contributed by atoms with Crippen LogP contribution in [0.3, 0.4) is 0 Å². The van der Waals surface area contributed by atoms with Crippen molar-refractivity contribution < 1.29 is 0 Å². The normalized spacial score (nSPS) is 11.6. The third kappa shape index (κ3) is 3.70. The smallest absolute Gasteiger partial charge is 0.182 e. The van der Waals surface area contributed by atoms with Crippen LogP contribution in [0, 0.1) is 3.57 Å². The van der Waals surface area contributed by atoms with Crippen LogP contribution in [0.2, 0.25) is 0 Å². The van der Waals surface area contributed by atoms with Gasteiger partial charge in [0.05, 0.1) is 0 Å². The third-order valence-electron chi connectivity index (χ3n) is 0.874. The van der Waals surface area contributed by atoms with Crippen molar-refractivity contribution in [2.45, 2.75) is -0.565 Å².